The number of esters is 1. The second kappa shape index (κ2) is 8.60. The van der Waals surface area contributed by atoms with Crippen molar-refractivity contribution in [2.24, 2.45) is 5.92 Å². The molecule has 3 rings (SSSR count). The van der Waals surface area contributed by atoms with Crippen LogP contribution in [0.3, 0.4) is 0 Å². The van der Waals surface area contributed by atoms with Gasteiger partial charge in [-0.15, -0.1) is 0 Å². The summed E-state index contributed by atoms with van der Waals surface area (Å²) < 4.78 is 18.3. The Labute approximate surface area is 169 Å². The minimum Gasteiger partial charge on any atom is -0.426 e. The van der Waals surface area contributed by atoms with E-state index >= 15 is 0 Å². The number of likely N-dealkylation sites (tertiary alicyclic amines) is 1. The molecular formula is C22H25ClFNO3. The van der Waals surface area contributed by atoms with Crippen molar-refractivity contribution in [1.29, 1.82) is 0 Å². The molecule has 0 spiro atoms. The fourth-order valence-corrected chi connectivity index (χ4v) is 3.96. The van der Waals surface area contributed by atoms with E-state index in [1.165, 1.54) is 24.3 Å². The molecule has 1 fully saturated rings. The van der Waals surface area contributed by atoms with Gasteiger partial charge in [0.15, 0.2) is 0 Å². The van der Waals surface area contributed by atoms with Crippen molar-refractivity contribution in [3.05, 3.63) is 64.9 Å². The molecule has 2 aromatic carbocycles. The summed E-state index contributed by atoms with van der Waals surface area (Å²) in [5.41, 5.74) is -0.0771. The van der Waals surface area contributed by atoms with Crippen LogP contribution in [0.15, 0.2) is 48.5 Å². The summed E-state index contributed by atoms with van der Waals surface area (Å²) in [5, 5.41) is 11.8. The van der Waals surface area contributed by atoms with Crippen molar-refractivity contribution in [3.8, 4) is 5.75 Å². The third-order valence-electron chi connectivity index (χ3n) is 5.76. The van der Waals surface area contributed by atoms with Gasteiger partial charge < -0.3 is 9.84 Å². The van der Waals surface area contributed by atoms with E-state index in [9.17, 15) is 14.3 Å². The SMILES string of the molecule is CC(c1ccccc1Cl)N1CCC(O)(C(C)C(=O)Oc2ccc(F)cc2)CC1. The lowest BCUT2D eigenvalue weighted by molar-refractivity contribution is -0.152. The van der Waals surface area contributed by atoms with E-state index in [2.05, 4.69) is 11.8 Å². The summed E-state index contributed by atoms with van der Waals surface area (Å²) in [6, 6.07) is 13.1. The van der Waals surface area contributed by atoms with Gasteiger partial charge in [-0.05, 0) is 62.6 Å². The molecule has 2 unspecified atom stereocenters. The van der Waals surface area contributed by atoms with Crippen LogP contribution in [0.25, 0.3) is 0 Å². The first kappa shape index (κ1) is 20.8. The van der Waals surface area contributed by atoms with Gasteiger partial charge in [0.2, 0.25) is 0 Å². The van der Waals surface area contributed by atoms with Crippen LogP contribution >= 0.6 is 11.6 Å². The van der Waals surface area contributed by atoms with E-state index in [-0.39, 0.29) is 11.8 Å². The van der Waals surface area contributed by atoms with Gasteiger partial charge in [-0.25, -0.2) is 4.39 Å². The predicted octanol–water partition coefficient (Wildman–Crippen LogP) is 4.61. The van der Waals surface area contributed by atoms with Crippen molar-refractivity contribution in [2.45, 2.75) is 38.3 Å². The molecule has 28 heavy (non-hydrogen) atoms. The molecule has 0 bridgehead atoms. The molecule has 0 aromatic heterocycles. The van der Waals surface area contributed by atoms with Crippen LogP contribution in [0.2, 0.25) is 5.02 Å². The molecule has 0 radical (unpaired) electrons. The zero-order valence-electron chi connectivity index (χ0n) is 16.1. The maximum atomic E-state index is 13.0. The summed E-state index contributed by atoms with van der Waals surface area (Å²) >= 11 is 6.31. The number of rotatable bonds is 5. The average Bonchev–Trinajstić information content (AvgIpc) is 2.69. The Bertz CT molecular complexity index is 819. The molecule has 2 aromatic rings. The highest BCUT2D eigenvalue weighted by molar-refractivity contribution is 6.31. The maximum Gasteiger partial charge on any atom is 0.316 e. The van der Waals surface area contributed by atoms with Crippen LogP contribution in [0.4, 0.5) is 4.39 Å². The second-order valence-corrected chi connectivity index (χ2v) is 7.84. The van der Waals surface area contributed by atoms with Crippen molar-refractivity contribution < 1.29 is 19.0 Å². The Hall–Kier alpha value is -1.95. The number of carbonyl (C=O) groups is 1. The van der Waals surface area contributed by atoms with E-state index in [0.717, 1.165) is 10.6 Å². The molecule has 1 saturated heterocycles. The molecule has 1 aliphatic rings. The highest BCUT2D eigenvalue weighted by Crippen LogP contribution is 2.35. The minimum absolute atomic E-state index is 0.125. The van der Waals surface area contributed by atoms with Gasteiger partial charge in [-0.3, -0.25) is 9.69 Å². The molecule has 6 heteroatoms. The summed E-state index contributed by atoms with van der Waals surface area (Å²) in [5.74, 6) is -1.32. The van der Waals surface area contributed by atoms with Gasteiger partial charge >= 0.3 is 5.97 Å². The lowest BCUT2D eigenvalue weighted by Gasteiger charge is -2.43. The molecule has 1 heterocycles. The number of carbonyl (C=O) groups excluding carboxylic acids is 1. The van der Waals surface area contributed by atoms with Crippen LogP contribution in [-0.4, -0.2) is 34.7 Å². The molecule has 0 aliphatic carbocycles. The van der Waals surface area contributed by atoms with E-state index in [1.807, 2.05) is 24.3 Å². The van der Waals surface area contributed by atoms with Gasteiger partial charge in [0.1, 0.15) is 11.6 Å². The van der Waals surface area contributed by atoms with E-state index in [0.29, 0.717) is 25.9 Å². The number of benzene rings is 2. The molecule has 4 nitrogen and oxygen atoms in total. The zero-order chi connectivity index (χ0) is 20.3. The number of piperidine rings is 1. The maximum absolute atomic E-state index is 13.0. The number of hydrogen-bond donors (Lipinski definition) is 1. The summed E-state index contributed by atoms with van der Waals surface area (Å²) in [6.07, 6.45) is 0.920. The topological polar surface area (TPSA) is 49.8 Å². The van der Waals surface area contributed by atoms with Gasteiger partial charge in [0.05, 0.1) is 11.5 Å². The lowest BCUT2D eigenvalue weighted by Crippen LogP contribution is -2.51. The quantitative estimate of drug-likeness (QED) is 0.583. The number of hydrogen-bond acceptors (Lipinski definition) is 4. The molecule has 0 amide bonds. The number of halogens is 2. The van der Waals surface area contributed by atoms with Crippen molar-refractivity contribution in [1.82, 2.24) is 4.90 Å². The van der Waals surface area contributed by atoms with E-state index < -0.39 is 23.3 Å². The standard InChI is InChI=1S/C22H25ClFNO3/c1-15(21(26)28-18-9-7-17(24)8-10-18)22(27)11-13-25(14-12-22)16(2)19-5-3-4-6-20(19)23/h3-10,15-16,27H,11-14H2,1-2H3. The number of ether oxygens (including phenoxy) is 1. The molecule has 0 saturated carbocycles. The molecule has 1 N–H and O–H groups in total. The largest absolute Gasteiger partial charge is 0.426 e. The predicted molar refractivity (Wildman–Crippen MR) is 107 cm³/mol. The fraction of sp³-hybridized carbons (Fsp3) is 0.409. The normalized spacial score (nSPS) is 19.0. The first-order chi connectivity index (χ1) is 13.3. The van der Waals surface area contributed by atoms with Gasteiger partial charge in [0, 0.05) is 24.2 Å². The molecular weight excluding hydrogens is 381 g/mol. The minimum atomic E-state index is -1.13. The Morgan fingerprint density at radius 3 is 2.36 bits per heavy atom. The highest BCUT2D eigenvalue weighted by atomic mass is 35.5. The molecule has 1 aliphatic heterocycles. The summed E-state index contributed by atoms with van der Waals surface area (Å²) in [4.78, 5) is 14.7. The monoisotopic (exact) mass is 405 g/mol. The zero-order valence-corrected chi connectivity index (χ0v) is 16.8. The fourth-order valence-electron chi connectivity index (χ4n) is 3.67. The summed E-state index contributed by atoms with van der Waals surface area (Å²) in [7, 11) is 0. The van der Waals surface area contributed by atoms with E-state index in [1.54, 1.807) is 6.92 Å². The molecule has 2 atom stereocenters. The van der Waals surface area contributed by atoms with Crippen molar-refractivity contribution >= 4 is 17.6 Å². The third-order valence-corrected chi connectivity index (χ3v) is 6.10. The smallest absolute Gasteiger partial charge is 0.316 e. The third kappa shape index (κ3) is 4.54. The molecule has 150 valence electrons. The van der Waals surface area contributed by atoms with Crippen LogP contribution in [-0.2, 0) is 4.79 Å². The number of aliphatic hydroxyl groups is 1. The first-order valence-electron chi connectivity index (χ1n) is 9.48. The van der Waals surface area contributed by atoms with Crippen LogP contribution in [0.5, 0.6) is 5.75 Å². The Morgan fingerprint density at radius 1 is 1.14 bits per heavy atom. The van der Waals surface area contributed by atoms with Crippen LogP contribution in [0.1, 0.15) is 38.3 Å². The van der Waals surface area contributed by atoms with Gasteiger partial charge in [-0.1, -0.05) is 29.8 Å². The van der Waals surface area contributed by atoms with E-state index in [4.69, 9.17) is 16.3 Å². The number of nitrogens with zero attached hydrogens (tertiary/aromatic N) is 1. The Morgan fingerprint density at radius 2 is 1.75 bits per heavy atom. The average molecular weight is 406 g/mol. The Balaban J connectivity index is 1.61. The van der Waals surface area contributed by atoms with Crippen LogP contribution in [0, 0.1) is 11.7 Å². The highest BCUT2D eigenvalue weighted by Gasteiger charge is 2.42. The summed E-state index contributed by atoms with van der Waals surface area (Å²) in [6.45, 7) is 5.07. The second-order valence-electron chi connectivity index (χ2n) is 7.43. The van der Waals surface area contributed by atoms with Crippen molar-refractivity contribution in [2.75, 3.05) is 13.1 Å². The van der Waals surface area contributed by atoms with Crippen LogP contribution < -0.4 is 4.74 Å². The van der Waals surface area contributed by atoms with Gasteiger partial charge in [0.25, 0.3) is 0 Å². The van der Waals surface area contributed by atoms with Gasteiger partial charge in [-0.2, -0.15) is 0 Å². The first-order valence-corrected chi connectivity index (χ1v) is 9.86. The lowest BCUT2D eigenvalue weighted by atomic mass is 9.80. The Kier molecular flexibility index (Phi) is 6.38. The van der Waals surface area contributed by atoms with Crippen molar-refractivity contribution in [3.63, 3.8) is 0 Å².